The molecule has 0 aliphatic carbocycles. The molecule has 2 aromatic rings. The fraction of sp³-hybridized carbons (Fsp3) is 0.308. The summed E-state index contributed by atoms with van der Waals surface area (Å²) in [5, 5.41) is 9.05. The van der Waals surface area contributed by atoms with E-state index >= 15 is 0 Å². The number of nitrogens with zero attached hydrogens (tertiary/aromatic N) is 3. The number of alkyl halides is 3. The fourth-order valence-corrected chi connectivity index (χ4v) is 1.59. The van der Waals surface area contributed by atoms with Crippen LogP contribution in [0, 0.1) is 0 Å². The van der Waals surface area contributed by atoms with E-state index in [-0.39, 0.29) is 5.88 Å². The minimum atomic E-state index is -4.43. The molecule has 0 fully saturated rings. The highest BCUT2D eigenvalue weighted by Crippen LogP contribution is 2.18. The number of hydrogen-bond donors (Lipinski definition) is 2. The van der Waals surface area contributed by atoms with Crippen molar-refractivity contribution in [1.29, 1.82) is 0 Å². The molecule has 2 N–H and O–H groups in total. The van der Waals surface area contributed by atoms with E-state index in [2.05, 4.69) is 25.5 Å². The fourth-order valence-electron chi connectivity index (χ4n) is 1.59. The number of anilines is 2. The number of carbonyl (C=O) groups excluding carboxylic acids is 1. The molecule has 2 amide bonds. The molecule has 0 spiro atoms. The predicted molar refractivity (Wildman–Crippen MR) is 76.3 cm³/mol. The first kappa shape index (κ1) is 16.6. The van der Waals surface area contributed by atoms with Gasteiger partial charge in [0.05, 0.1) is 23.8 Å². The highest BCUT2D eigenvalue weighted by molar-refractivity contribution is 5.99. The number of rotatable bonds is 5. The number of ether oxygens (including phenoxy) is 1. The van der Waals surface area contributed by atoms with Crippen molar-refractivity contribution in [2.45, 2.75) is 19.6 Å². The summed E-state index contributed by atoms with van der Waals surface area (Å²) in [6, 6.07) is 2.09. The van der Waals surface area contributed by atoms with Crippen molar-refractivity contribution < 1.29 is 22.7 Å². The molecule has 0 saturated carbocycles. The van der Waals surface area contributed by atoms with E-state index in [9.17, 15) is 18.0 Å². The lowest BCUT2D eigenvalue weighted by atomic mass is 10.4. The Hall–Kier alpha value is -2.78. The van der Waals surface area contributed by atoms with E-state index in [1.54, 1.807) is 10.9 Å². The maximum atomic E-state index is 12.0. The smallest absolute Gasteiger partial charge is 0.422 e. The first-order chi connectivity index (χ1) is 10.9. The lowest BCUT2D eigenvalue weighted by Gasteiger charge is -2.09. The normalized spacial score (nSPS) is 11.1. The summed E-state index contributed by atoms with van der Waals surface area (Å²) in [5.41, 5.74) is 0.826. The van der Waals surface area contributed by atoms with E-state index in [0.717, 1.165) is 0 Å². The molecule has 2 aromatic heterocycles. The van der Waals surface area contributed by atoms with Crippen molar-refractivity contribution in [3.05, 3.63) is 30.7 Å². The summed E-state index contributed by atoms with van der Waals surface area (Å²) in [6.45, 7) is 1.16. The van der Waals surface area contributed by atoms with Crippen molar-refractivity contribution in [2.75, 3.05) is 17.2 Å². The van der Waals surface area contributed by atoms with Crippen LogP contribution in [-0.2, 0) is 6.54 Å². The Morgan fingerprint density at radius 1 is 1.26 bits per heavy atom. The molecular weight excluding hydrogens is 315 g/mol. The lowest BCUT2D eigenvalue weighted by molar-refractivity contribution is -0.154. The van der Waals surface area contributed by atoms with Crippen LogP contribution in [-0.4, -0.2) is 33.6 Å². The van der Waals surface area contributed by atoms with Gasteiger partial charge in [-0.25, -0.2) is 9.78 Å². The third-order valence-corrected chi connectivity index (χ3v) is 2.59. The van der Waals surface area contributed by atoms with Gasteiger partial charge in [0.25, 0.3) is 0 Å². The molecule has 0 aliphatic heterocycles. The third-order valence-electron chi connectivity index (χ3n) is 2.59. The molecule has 124 valence electrons. The number of aromatic nitrogens is 3. The number of pyridine rings is 1. The molecule has 7 nitrogen and oxygen atoms in total. The summed E-state index contributed by atoms with van der Waals surface area (Å²) in [7, 11) is 0. The van der Waals surface area contributed by atoms with Gasteiger partial charge in [-0.1, -0.05) is 0 Å². The largest absolute Gasteiger partial charge is 0.468 e. The molecule has 23 heavy (non-hydrogen) atoms. The zero-order valence-corrected chi connectivity index (χ0v) is 12.1. The van der Waals surface area contributed by atoms with E-state index in [0.29, 0.717) is 17.9 Å². The maximum absolute atomic E-state index is 12.0. The molecule has 10 heteroatoms. The van der Waals surface area contributed by atoms with Crippen LogP contribution in [0.5, 0.6) is 5.88 Å². The molecule has 0 aromatic carbocycles. The summed E-state index contributed by atoms with van der Waals surface area (Å²) >= 11 is 0. The van der Waals surface area contributed by atoms with Crippen molar-refractivity contribution in [1.82, 2.24) is 14.8 Å². The highest BCUT2D eigenvalue weighted by Gasteiger charge is 2.28. The lowest BCUT2D eigenvalue weighted by Crippen LogP contribution is -2.20. The maximum Gasteiger partial charge on any atom is 0.422 e. The average molecular weight is 329 g/mol. The molecule has 0 bridgehead atoms. The number of hydrogen-bond acceptors (Lipinski definition) is 4. The number of carbonyl (C=O) groups is 1. The van der Waals surface area contributed by atoms with Gasteiger partial charge in [0.15, 0.2) is 6.61 Å². The van der Waals surface area contributed by atoms with Gasteiger partial charge in [-0.3, -0.25) is 4.68 Å². The van der Waals surface area contributed by atoms with Gasteiger partial charge in [-0.05, 0) is 13.0 Å². The summed E-state index contributed by atoms with van der Waals surface area (Å²) in [4.78, 5) is 15.4. The second-order valence-electron chi connectivity index (χ2n) is 4.45. The van der Waals surface area contributed by atoms with Crippen molar-refractivity contribution in [3.63, 3.8) is 0 Å². The summed E-state index contributed by atoms with van der Waals surface area (Å²) < 4.78 is 42.1. The zero-order valence-electron chi connectivity index (χ0n) is 12.1. The Labute approximate surface area is 129 Å². The van der Waals surface area contributed by atoms with Gasteiger partial charge in [-0.2, -0.15) is 18.3 Å². The van der Waals surface area contributed by atoms with Gasteiger partial charge in [-0.15, -0.1) is 0 Å². The van der Waals surface area contributed by atoms with E-state index in [4.69, 9.17) is 0 Å². The Balaban J connectivity index is 1.86. The van der Waals surface area contributed by atoms with Crippen LogP contribution >= 0.6 is 0 Å². The van der Waals surface area contributed by atoms with Crippen molar-refractivity contribution in [3.8, 4) is 5.88 Å². The van der Waals surface area contributed by atoms with Crippen molar-refractivity contribution >= 4 is 17.4 Å². The number of urea groups is 1. The van der Waals surface area contributed by atoms with Gasteiger partial charge in [0, 0.05) is 18.8 Å². The number of amides is 2. The average Bonchev–Trinajstić information content (AvgIpc) is 2.93. The van der Waals surface area contributed by atoms with Gasteiger partial charge < -0.3 is 15.4 Å². The van der Waals surface area contributed by atoms with Gasteiger partial charge in [0.1, 0.15) is 0 Å². The van der Waals surface area contributed by atoms with E-state index < -0.39 is 18.8 Å². The van der Waals surface area contributed by atoms with Crippen LogP contribution in [0.2, 0.25) is 0 Å². The first-order valence-electron chi connectivity index (χ1n) is 6.62. The van der Waals surface area contributed by atoms with Crippen molar-refractivity contribution in [2.24, 2.45) is 0 Å². The van der Waals surface area contributed by atoms with Crippen LogP contribution in [0.3, 0.4) is 0 Å². The SMILES string of the molecule is CCn1cc(NC(=O)Nc2ccc(OCC(F)(F)F)nc2)cn1. The molecule has 2 heterocycles. The summed E-state index contributed by atoms with van der Waals surface area (Å²) in [5.74, 6) is -0.183. The Morgan fingerprint density at radius 3 is 2.57 bits per heavy atom. The molecule has 0 atom stereocenters. The minimum absolute atomic E-state index is 0.183. The van der Waals surface area contributed by atoms with Crippen LogP contribution in [0.15, 0.2) is 30.7 Å². The molecule has 0 unspecified atom stereocenters. The third kappa shape index (κ3) is 5.49. The molecule has 0 aliphatic rings. The standard InChI is InChI=1S/C13H14F3N5O2/c1-2-21-7-10(6-18-21)20-12(22)19-9-3-4-11(17-5-9)23-8-13(14,15)16/h3-7H,2,8H2,1H3,(H2,19,20,22). The summed E-state index contributed by atoms with van der Waals surface area (Å²) in [6.07, 6.45) is -0.0799. The van der Waals surface area contributed by atoms with Crippen LogP contribution in [0.25, 0.3) is 0 Å². The van der Waals surface area contributed by atoms with Gasteiger partial charge >= 0.3 is 12.2 Å². The molecule has 0 radical (unpaired) electrons. The number of halogens is 3. The molecule has 0 saturated heterocycles. The monoisotopic (exact) mass is 329 g/mol. The Kier molecular flexibility index (Phi) is 5.04. The van der Waals surface area contributed by atoms with E-state index in [1.165, 1.54) is 24.5 Å². The quantitative estimate of drug-likeness (QED) is 0.884. The molecular formula is C13H14F3N5O2. The minimum Gasteiger partial charge on any atom is -0.468 e. The van der Waals surface area contributed by atoms with Crippen LogP contribution in [0.4, 0.5) is 29.3 Å². The Morgan fingerprint density at radius 2 is 2.00 bits per heavy atom. The van der Waals surface area contributed by atoms with Gasteiger partial charge in [0.2, 0.25) is 5.88 Å². The second-order valence-corrected chi connectivity index (χ2v) is 4.45. The Bertz CT molecular complexity index is 654. The first-order valence-corrected chi connectivity index (χ1v) is 6.62. The zero-order chi connectivity index (χ0) is 16.9. The molecule has 2 rings (SSSR count). The predicted octanol–water partition coefficient (Wildman–Crippen LogP) is 2.88. The van der Waals surface area contributed by atoms with Crippen LogP contribution < -0.4 is 15.4 Å². The second kappa shape index (κ2) is 6.99. The number of aryl methyl sites for hydroxylation is 1. The highest BCUT2D eigenvalue weighted by atomic mass is 19.4. The van der Waals surface area contributed by atoms with E-state index in [1.807, 2.05) is 6.92 Å². The van der Waals surface area contributed by atoms with Crippen LogP contribution in [0.1, 0.15) is 6.92 Å². The topological polar surface area (TPSA) is 81.1 Å². The number of nitrogens with one attached hydrogen (secondary N) is 2.